The van der Waals surface area contributed by atoms with Crippen molar-refractivity contribution in [1.82, 2.24) is 19.4 Å². The minimum atomic E-state index is -0.200. The van der Waals surface area contributed by atoms with Gasteiger partial charge in [0.05, 0.1) is 18.2 Å². The van der Waals surface area contributed by atoms with Gasteiger partial charge in [-0.15, -0.1) is 0 Å². The quantitative estimate of drug-likeness (QED) is 0.383. The average Bonchev–Trinajstić information content (AvgIpc) is 3.15. The number of nitriles is 1. The van der Waals surface area contributed by atoms with Crippen LogP contribution < -0.4 is 0 Å². The Hall–Kier alpha value is -3.47. The molecular formula is C28H33N5O2. The molecule has 35 heavy (non-hydrogen) atoms. The number of rotatable bonds is 7. The number of piperazine rings is 1. The minimum Gasteiger partial charge on any atom is -0.383 e. The molecule has 4 rings (SSSR count). The highest BCUT2D eigenvalue weighted by atomic mass is 16.5. The average molecular weight is 472 g/mol. The van der Waals surface area contributed by atoms with Crippen molar-refractivity contribution in [2.75, 3.05) is 39.9 Å². The van der Waals surface area contributed by atoms with Crippen molar-refractivity contribution in [3.63, 3.8) is 0 Å². The number of benzene rings is 1. The molecule has 0 aliphatic carbocycles. The third kappa shape index (κ3) is 5.29. The Morgan fingerprint density at radius 1 is 1.20 bits per heavy atom. The van der Waals surface area contributed by atoms with E-state index in [0.29, 0.717) is 19.7 Å². The number of hydrogen-bond acceptors (Lipinski definition) is 5. The molecule has 1 fully saturated rings. The molecule has 1 unspecified atom stereocenters. The van der Waals surface area contributed by atoms with Gasteiger partial charge in [-0.05, 0) is 50.1 Å². The number of carbonyl (C=O) groups excluding carboxylic acids is 1. The molecule has 0 saturated carbocycles. The second-order valence-corrected chi connectivity index (χ2v) is 9.23. The molecule has 1 amide bonds. The molecule has 0 spiro atoms. The molecule has 1 saturated heterocycles. The van der Waals surface area contributed by atoms with Gasteiger partial charge < -0.3 is 14.2 Å². The van der Waals surface area contributed by atoms with Crippen molar-refractivity contribution in [3.8, 4) is 6.07 Å². The van der Waals surface area contributed by atoms with Crippen molar-refractivity contribution in [2.45, 2.75) is 33.4 Å². The van der Waals surface area contributed by atoms with Gasteiger partial charge in [-0.25, -0.2) is 0 Å². The largest absolute Gasteiger partial charge is 0.383 e. The van der Waals surface area contributed by atoms with E-state index in [9.17, 15) is 10.1 Å². The smallest absolute Gasteiger partial charge is 0.264 e. The number of hydrogen-bond donors (Lipinski definition) is 0. The number of pyridine rings is 1. The fourth-order valence-electron chi connectivity index (χ4n) is 5.06. The van der Waals surface area contributed by atoms with Gasteiger partial charge in [-0.1, -0.05) is 24.3 Å². The molecule has 0 radical (unpaired) electrons. The molecular weight excluding hydrogens is 438 g/mol. The molecule has 182 valence electrons. The molecule has 1 aliphatic heterocycles. The highest BCUT2D eigenvalue weighted by Crippen LogP contribution is 2.24. The number of aryl methyl sites for hydroxylation is 1. The molecule has 3 heterocycles. The summed E-state index contributed by atoms with van der Waals surface area (Å²) in [6, 6.07) is 14.6. The zero-order valence-corrected chi connectivity index (χ0v) is 21.0. The van der Waals surface area contributed by atoms with E-state index < -0.39 is 0 Å². The number of ether oxygens (including phenoxy) is 1. The standard InChI is InChI=1S/C28H33N5O2/c1-20-15-25(22(3)33(20)21(2)19-35-4)16-26(17-29)28(34)32-13-11-31(12-14-32)18-24-8-5-7-23-9-6-10-30-27(23)24/h5-10,15-16,21H,11-14,18-19H2,1-4H3/b26-16-. The van der Waals surface area contributed by atoms with Gasteiger partial charge in [0.25, 0.3) is 5.91 Å². The van der Waals surface area contributed by atoms with Crippen molar-refractivity contribution < 1.29 is 9.53 Å². The monoisotopic (exact) mass is 471 g/mol. The van der Waals surface area contributed by atoms with Gasteiger partial charge in [0.2, 0.25) is 0 Å². The molecule has 1 atom stereocenters. The molecule has 7 heteroatoms. The summed E-state index contributed by atoms with van der Waals surface area (Å²) in [5.41, 5.74) is 5.41. The number of aromatic nitrogens is 2. The molecule has 0 bridgehead atoms. The van der Waals surface area contributed by atoms with E-state index >= 15 is 0 Å². The van der Waals surface area contributed by atoms with Crippen LogP contribution in [0.3, 0.4) is 0 Å². The second kappa shape index (κ2) is 10.9. The maximum Gasteiger partial charge on any atom is 0.264 e. The third-order valence-electron chi connectivity index (χ3n) is 6.79. The Balaban J connectivity index is 1.43. The number of amides is 1. The molecule has 1 aromatic carbocycles. The molecule has 2 aromatic heterocycles. The van der Waals surface area contributed by atoms with E-state index in [0.717, 1.165) is 47.5 Å². The Kier molecular flexibility index (Phi) is 7.64. The van der Waals surface area contributed by atoms with Gasteiger partial charge >= 0.3 is 0 Å². The normalized spacial score (nSPS) is 15.9. The summed E-state index contributed by atoms with van der Waals surface area (Å²) in [4.78, 5) is 21.9. The molecule has 1 aliphatic rings. The van der Waals surface area contributed by atoms with E-state index in [1.807, 2.05) is 32.2 Å². The molecule has 0 N–H and O–H groups in total. The zero-order chi connectivity index (χ0) is 24.9. The summed E-state index contributed by atoms with van der Waals surface area (Å²) in [5, 5.41) is 10.9. The lowest BCUT2D eigenvalue weighted by Gasteiger charge is -2.34. The second-order valence-electron chi connectivity index (χ2n) is 9.23. The summed E-state index contributed by atoms with van der Waals surface area (Å²) >= 11 is 0. The van der Waals surface area contributed by atoms with Crippen molar-refractivity contribution in [1.29, 1.82) is 5.26 Å². The number of para-hydroxylation sites is 1. The van der Waals surface area contributed by atoms with Crippen LogP contribution in [0.4, 0.5) is 0 Å². The summed E-state index contributed by atoms with van der Waals surface area (Å²) < 4.78 is 7.50. The number of nitrogens with zero attached hydrogens (tertiary/aromatic N) is 5. The first-order chi connectivity index (χ1) is 16.9. The Morgan fingerprint density at radius 3 is 2.66 bits per heavy atom. The van der Waals surface area contributed by atoms with Gasteiger partial charge in [0.1, 0.15) is 11.6 Å². The maximum atomic E-state index is 13.2. The fourth-order valence-corrected chi connectivity index (χ4v) is 5.06. The molecule has 3 aromatic rings. The summed E-state index contributed by atoms with van der Waals surface area (Å²) in [5.74, 6) is -0.200. The van der Waals surface area contributed by atoms with Crippen LogP contribution in [-0.4, -0.2) is 65.2 Å². The Bertz CT molecular complexity index is 1270. The van der Waals surface area contributed by atoms with E-state index in [-0.39, 0.29) is 17.5 Å². The summed E-state index contributed by atoms with van der Waals surface area (Å²) in [7, 11) is 1.69. The fraction of sp³-hybridized carbons (Fsp3) is 0.393. The minimum absolute atomic E-state index is 0.174. The van der Waals surface area contributed by atoms with Crippen molar-refractivity contribution in [3.05, 3.63) is 70.7 Å². The van der Waals surface area contributed by atoms with Crippen LogP contribution in [0.15, 0.2) is 48.2 Å². The predicted octanol–water partition coefficient (Wildman–Crippen LogP) is 4.11. The first-order valence-corrected chi connectivity index (χ1v) is 12.1. The Morgan fingerprint density at radius 2 is 1.94 bits per heavy atom. The predicted molar refractivity (Wildman–Crippen MR) is 138 cm³/mol. The van der Waals surface area contributed by atoms with Crippen LogP contribution in [0.1, 0.15) is 35.5 Å². The van der Waals surface area contributed by atoms with Gasteiger partial charge in [0, 0.05) is 62.8 Å². The number of fused-ring (bicyclic) bond motifs is 1. The lowest BCUT2D eigenvalue weighted by Crippen LogP contribution is -2.48. The highest BCUT2D eigenvalue weighted by molar-refractivity contribution is 6.01. The van der Waals surface area contributed by atoms with Crippen LogP contribution in [0.2, 0.25) is 0 Å². The van der Waals surface area contributed by atoms with E-state index in [1.165, 1.54) is 5.56 Å². The number of methoxy groups -OCH3 is 1. The van der Waals surface area contributed by atoms with Crippen LogP contribution in [0, 0.1) is 25.2 Å². The van der Waals surface area contributed by atoms with E-state index in [4.69, 9.17) is 4.74 Å². The maximum absolute atomic E-state index is 13.2. The van der Waals surface area contributed by atoms with Crippen molar-refractivity contribution in [2.24, 2.45) is 0 Å². The van der Waals surface area contributed by atoms with Gasteiger partial charge in [-0.3, -0.25) is 14.7 Å². The summed E-state index contributed by atoms with van der Waals surface area (Å²) in [6.45, 7) is 10.3. The lowest BCUT2D eigenvalue weighted by atomic mass is 10.1. The van der Waals surface area contributed by atoms with Crippen LogP contribution in [0.25, 0.3) is 17.0 Å². The van der Waals surface area contributed by atoms with Crippen LogP contribution in [0.5, 0.6) is 0 Å². The lowest BCUT2D eigenvalue weighted by molar-refractivity contribution is -0.128. The summed E-state index contributed by atoms with van der Waals surface area (Å²) in [6.07, 6.45) is 3.56. The van der Waals surface area contributed by atoms with Gasteiger partial charge in [-0.2, -0.15) is 5.26 Å². The van der Waals surface area contributed by atoms with Crippen LogP contribution >= 0.6 is 0 Å². The highest BCUT2D eigenvalue weighted by Gasteiger charge is 2.25. The molecule has 7 nitrogen and oxygen atoms in total. The first kappa shape index (κ1) is 24.6. The topological polar surface area (TPSA) is 74.4 Å². The Labute approximate surface area is 207 Å². The van der Waals surface area contributed by atoms with E-state index in [2.05, 4.69) is 51.7 Å². The van der Waals surface area contributed by atoms with E-state index in [1.54, 1.807) is 18.1 Å². The number of carbonyl (C=O) groups is 1. The zero-order valence-electron chi connectivity index (χ0n) is 21.0. The van der Waals surface area contributed by atoms with Gasteiger partial charge in [0.15, 0.2) is 0 Å². The SMILES string of the molecule is COCC(C)n1c(C)cc(/C=C(/C#N)C(=O)N2CCN(Cc3cccc4cccnc34)CC2)c1C. The van der Waals surface area contributed by atoms with Crippen LogP contribution in [-0.2, 0) is 16.1 Å². The first-order valence-electron chi connectivity index (χ1n) is 12.1. The third-order valence-corrected chi connectivity index (χ3v) is 6.79. The van der Waals surface area contributed by atoms with Crippen molar-refractivity contribution >= 4 is 22.9 Å².